The van der Waals surface area contributed by atoms with E-state index in [2.05, 4.69) is 17.4 Å². The minimum absolute atomic E-state index is 0.0944. The molecule has 1 amide bonds. The van der Waals surface area contributed by atoms with Crippen LogP contribution < -0.4 is 11.1 Å². The van der Waals surface area contributed by atoms with E-state index in [1.54, 1.807) is 6.92 Å². The molecule has 0 saturated heterocycles. The van der Waals surface area contributed by atoms with E-state index >= 15 is 0 Å². The normalized spacial score (nSPS) is 13.7. The number of amides is 1. The maximum atomic E-state index is 11.7. The van der Waals surface area contributed by atoms with Crippen LogP contribution in [0.1, 0.15) is 25.8 Å². The van der Waals surface area contributed by atoms with Crippen molar-refractivity contribution in [3.05, 3.63) is 35.9 Å². The number of aryl methyl sites for hydroxylation is 1. The second-order valence-corrected chi connectivity index (χ2v) is 5.03. The molecular weight excluding hydrogens is 244 g/mol. The van der Waals surface area contributed by atoms with Crippen molar-refractivity contribution in [1.82, 2.24) is 5.32 Å². The topological polar surface area (TPSA) is 55.1 Å². The van der Waals surface area contributed by atoms with E-state index < -0.39 is 5.92 Å². The summed E-state index contributed by atoms with van der Waals surface area (Å²) in [7, 11) is 0. The number of hydrogen-bond acceptors (Lipinski definition) is 2. The molecule has 0 aromatic heterocycles. The fourth-order valence-corrected chi connectivity index (χ4v) is 1.70. The molecule has 2 atom stereocenters. The number of hydrogen-bond donors (Lipinski definition) is 2. The molecule has 1 aromatic rings. The first-order valence-electron chi connectivity index (χ1n) is 6.14. The van der Waals surface area contributed by atoms with Gasteiger partial charge in [-0.25, -0.2) is 0 Å². The zero-order valence-electron chi connectivity index (χ0n) is 10.8. The maximum Gasteiger partial charge on any atom is 0.229 e. The third-order valence-electron chi connectivity index (χ3n) is 2.92. The van der Waals surface area contributed by atoms with Gasteiger partial charge < -0.3 is 11.1 Å². The third kappa shape index (κ3) is 4.84. The van der Waals surface area contributed by atoms with Gasteiger partial charge in [0, 0.05) is 6.04 Å². The predicted octanol–water partition coefficient (Wildman–Crippen LogP) is 2.05. The Morgan fingerprint density at radius 2 is 1.94 bits per heavy atom. The summed E-state index contributed by atoms with van der Waals surface area (Å²) in [6.07, 6.45) is 1.85. The number of nitrogens with one attached hydrogen (secondary N) is 1. The monoisotopic (exact) mass is 264 g/mol. The minimum atomic E-state index is -0.404. The van der Waals surface area contributed by atoms with Gasteiger partial charge in [-0.15, -0.1) is 0 Å². The molecule has 0 radical (unpaired) electrons. The van der Waals surface area contributed by atoms with Crippen LogP contribution in [0.3, 0.4) is 0 Å². The van der Waals surface area contributed by atoms with Gasteiger partial charge in [-0.05, 0) is 32.3 Å². The minimum Gasteiger partial charge on any atom is -0.393 e. The second-order valence-electron chi connectivity index (χ2n) is 4.56. The highest BCUT2D eigenvalue weighted by Crippen LogP contribution is 2.05. The molecule has 0 aliphatic heterocycles. The van der Waals surface area contributed by atoms with Crippen LogP contribution >= 0.6 is 12.2 Å². The van der Waals surface area contributed by atoms with E-state index in [1.165, 1.54) is 5.56 Å². The van der Waals surface area contributed by atoms with Crippen molar-refractivity contribution in [3.63, 3.8) is 0 Å². The molecule has 1 rings (SSSR count). The van der Waals surface area contributed by atoms with Crippen LogP contribution in [-0.2, 0) is 11.2 Å². The van der Waals surface area contributed by atoms with Crippen LogP contribution in [0.5, 0.6) is 0 Å². The Kier molecular flexibility index (Phi) is 5.78. The zero-order chi connectivity index (χ0) is 13.5. The number of benzene rings is 1. The van der Waals surface area contributed by atoms with Gasteiger partial charge in [0.05, 0.1) is 10.9 Å². The van der Waals surface area contributed by atoms with E-state index in [-0.39, 0.29) is 16.9 Å². The molecule has 0 aliphatic carbocycles. The quantitative estimate of drug-likeness (QED) is 0.773. The highest BCUT2D eigenvalue weighted by atomic mass is 32.1. The Bertz CT molecular complexity index is 406. The number of thiocarbonyl (C=S) groups is 1. The van der Waals surface area contributed by atoms with Gasteiger partial charge in [-0.2, -0.15) is 0 Å². The van der Waals surface area contributed by atoms with Gasteiger partial charge in [-0.3, -0.25) is 4.79 Å². The molecule has 2 unspecified atom stereocenters. The van der Waals surface area contributed by atoms with Crippen molar-refractivity contribution >= 4 is 23.1 Å². The molecule has 4 heteroatoms. The van der Waals surface area contributed by atoms with Gasteiger partial charge in [0.15, 0.2) is 0 Å². The molecule has 0 fully saturated rings. The average molecular weight is 264 g/mol. The van der Waals surface area contributed by atoms with E-state index in [1.807, 2.05) is 25.1 Å². The molecular formula is C14H20N2OS. The van der Waals surface area contributed by atoms with Gasteiger partial charge in [0.1, 0.15) is 0 Å². The summed E-state index contributed by atoms with van der Waals surface area (Å²) in [6.45, 7) is 3.72. The van der Waals surface area contributed by atoms with Gasteiger partial charge in [0.25, 0.3) is 0 Å². The Labute approximate surface area is 114 Å². The van der Waals surface area contributed by atoms with Crippen molar-refractivity contribution in [2.45, 2.75) is 32.7 Å². The lowest BCUT2D eigenvalue weighted by atomic mass is 10.1. The molecule has 0 heterocycles. The van der Waals surface area contributed by atoms with Crippen LogP contribution in [0, 0.1) is 5.92 Å². The first-order valence-corrected chi connectivity index (χ1v) is 6.55. The van der Waals surface area contributed by atoms with Crippen LogP contribution in [0.15, 0.2) is 30.3 Å². The van der Waals surface area contributed by atoms with E-state index in [9.17, 15) is 4.79 Å². The second kappa shape index (κ2) is 7.11. The van der Waals surface area contributed by atoms with Gasteiger partial charge in [0.2, 0.25) is 5.91 Å². The average Bonchev–Trinajstić information content (AvgIpc) is 2.36. The van der Waals surface area contributed by atoms with Crippen LogP contribution in [0.2, 0.25) is 0 Å². The van der Waals surface area contributed by atoms with Crippen molar-refractivity contribution in [3.8, 4) is 0 Å². The summed E-state index contributed by atoms with van der Waals surface area (Å²) in [4.78, 5) is 12.0. The van der Waals surface area contributed by atoms with E-state index in [0.717, 1.165) is 12.8 Å². The molecule has 1 aromatic carbocycles. The summed E-state index contributed by atoms with van der Waals surface area (Å²) >= 11 is 4.81. The summed E-state index contributed by atoms with van der Waals surface area (Å²) in [5.74, 6) is -0.498. The first kappa shape index (κ1) is 14.6. The summed E-state index contributed by atoms with van der Waals surface area (Å²) in [6, 6.07) is 10.3. The standard InChI is InChI=1S/C14H20N2OS/c1-10(16-14(17)11(2)13(15)18)8-9-12-6-4-3-5-7-12/h3-7,10-11H,8-9H2,1-2H3,(H2,15,18)(H,16,17). The fraction of sp³-hybridized carbons (Fsp3) is 0.429. The van der Waals surface area contributed by atoms with Crippen molar-refractivity contribution < 1.29 is 4.79 Å². The molecule has 0 bridgehead atoms. The highest BCUT2D eigenvalue weighted by Gasteiger charge is 2.17. The van der Waals surface area contributed by atoms with Crippen molar-refractivity contribution in [2.24, 2.45) is 11.7 Å². The van der Waals surface area contributed by atoms with Crippen LogP contribution in [-0.4, -0.2) is 16.9 Å². The van der Waals surface area contributed by atoms with Crippen molar-refractivity contribution in [2.75, 3.05) is 0 Å². The SMILES string of the molecule is CC(CCc1ccccc1)NC(=O)C(C)C(N)=S. The van der Waals surface area contributed by atoms with Gasteiger partial charge >= 0.3 is 0 Å². The maximum absolute atomic E-state index is 11.7. The fourth-order valence-electron chi connectivity index (χ4n) is 1.60. The molecule has 3 nitrogen and oxygen atoms in total. The number of carbonyl (C=O) groups excluding carboxylic acids is 1. The summed E-state index contributed by atoms with van der Waals surface area (Å²) in [5, 5.41) is 2.92. The molecule has 18 heavy (non-hydrogen) atoms. The molecule has 0 aliphatic rings. The lowest BCUT2D eigenvalue weighted by Crippen LogP contribution is -2.40. The Hall–Kier alpha value is -1.42. The first-order chi connectivity index (χ1) is 8.50. The summed E-state index contributed by atoms with van der Waals surface area (Å²) < 4.78 is 0. The Morgan fingerprint density at radius 1 is 1.33 bits per heavy atom. The molecule has 0 spiro atoms. The van der Waals surface area contributed by atoms with Crippen molar-refractivity contribution in [1.29, 1.82) is 0 Å². The molecule has 98 valence electrons. The highest BCUT2D eigenvalue weighted by molar-refractivity contribution is 7.80. The lowest BCUT2D eigenvalue weighted by molar-refractivity contribution is -0.123. The molecule has 0 saturated carbocycles. The predicted molar refractivity (Wildman–Crippen MR) is 78.3 cm³/mol. The third-order valence-corrected chi connectivity index (χ3v) is 3.27. The van der Waals surface area contributed by atoms with Crippen LogP contribution in [0.4, 0.5) is 0 Å². The number of rotatable bonds is 6. The van der Waals surface area contributed by atoms with Gasteiger partial charge in [-0.1, -0.05) is 42.5 Å². The Morgan fingerprint density at radius 3 is 2.50 bits per heavy atom. The van der Waals surface area contributed by atoms with Crippen LogP contribution in [0.25, 0.3) is 0 Å². The summed E-state index contributed by atoms with van der Waals surface area (Å²) in [5.41, 5.74) is 6.73. The van der Waals surface area contributed by atoms with E-state index in [4.69, 9.17) is 18.0 Å². The lowest BCUT2D eigenvalue weighted by Gasteiger charge is -2.16. The molecule has 3 N–H and O–H groups in total. The smallest absolute Gasteiger partial charge is 0.229 e. The number of carbonyl (C=O) groups is 1. The number of nitrogens with two attached hydrogens (primary N) is 1. The Balaban J connectivity index is 2.36. The van der Waals surface area contributed by atoms with E-state index in [0.29, 0.717) is 0 Å². The zero-order valence-corrected chi connectivity index (χ0v) is 11.7. The largest absolute Gasteiger partial charge is 0.393 e.